The summed E-state index contributed by atoms with van der Waals surface area (Å²) < 4.78 is 26.2. The molecule has 0 saturated heterocycles. The number of carbonyl (C=O) groups is 1. The van der Waals surface area contributed by atoms with Crippen LogP contribution in [-0.2, 0) is 14.8 Å². The number of anilines is 1. The van der Waals surface area contributed by atoms with E-state index in [2.05, 4.69) is 15.4 Å². The summed E-state index contributed by atoms with van der Waals surface area (Å²) in [5.74, 6) is -0.186. The van der Waals surface area contributed by atoms with Crippen molar-refractivity contribution in [3.8, 4) is 0 Å². The predicted octanol–water partition coefficient (Wildman–Crippen LogP) is 0.533. The zero-order chi connectivity index (χ0) is 14.3. The van der Waals surface area contributed by atoms with E-state index >= 15 is 0 Å². The van der Waals surface area contributed by atoms with Crippen molar-refractivity contribution >= 4 is 21.6 Å². The van der Waals surface area contributed by atoms with Gasteiger partial charge in [-0.15, -0.1) is 0 Å². The van der Waals surface area contributed by atoms with Gasteiger partial charge in [-0.1, -0.05) is 0 Å². The van der Waals surface area contributed by atoms with E-state index in [-0.39, 0.29) is 23.9 Å². The molecule has 0 fully saturated rings. The van der Waals surface area contributed by atoms with Crippen LogP contribution in [-0.4, -0.2) is 34.0 Å². The Morgan fingerprint density at radius 3 is 2.32 bits per heavy atom. The summed E-state index contributed by atoms with van der Waals surface area (Å²) in [5, 5.41) is 5.61. The van der Waals surface area contributed by atoms with Gasteiger partial charge < -0.3 is 10.6 Å². The van der Waals surface area contributed by atoms with Crippen molar-refractivity contribution < 1.29 is 13.2 Å². The number of hydrogen-bond donors (Lipinski definition) is 3. The van der Waals surface area contributed by atoms with Crippen LogP contribution in [0.2, 0.25) is 0 Å². The van der Waals surface area contributed by atoms with Crippen LogP contribution < -0.4 is 15.4 Å². The molecule has 1 aromatic rings. The fourth-order valence-electron chi connectivity index (χ4n) is 1.46. The highest BCUT2D eigenvalue weighted by molar-refractivity contribution is 7.89. The van der Waals surface area contributed by atoms with Gasteiger partial charge in [-0.3, -0.25) is 4.79 Å². The van der Waals surface area contributed by atoms with Crippen LogP contribution in [0, 0.1) is 0 Å². The largest absolute Gasteiger partial charge is 0.385 e. The molecule has 19 heavy (non-hydrogen) atoms. The molecule has 0 atom stereocenters. The van der Waals surface area contributed by atoms with Crippen molar-refractivity contribution in [2.24, 2.45) is 0 Å². The molecule has 0 aromatic heterocycles. The normalized spacial score (nSPS) is 11.1. The SMILES string of the molecule is CCNc1ccc(S(=O)(=O)NCCNC(C)=O)cc1. The molecule has 6 nitrogen and oxygen atoms in total. The third-order valence-electron chi connectivity index (χ3n) is 2.34. The average Bonchev–Trinajstić information content (AvgIpc) is 2.36. The summed E-state index contributed by atoms with van der Waals surface area (Å²) in [6.07, 6.45) is 0. The van der Waals surface area contributed by atoms with Gasteiger partial charge in [0, 0.05) is 32.2 Å². The second kappa shape index (κ2) is 7.10. The highest BCUT2D eigenvalue weighted by atomic mass is 32.2. The summed E-state index contributed by atoms with van der Waals surface area (Å²) >= 11 is 0. The summed E-state index contributed by atoms with van der Waals surface area (Å²) in [6.45, 7) is 4.56. The van der Waals surface area contributed by atoms with Gasteiger partial charge in [-0.2, -0.15) is 0 Å². The van der Waals surface area contributed by atoms with Gasteiger partial charge in [0.15, 0.2) is 0 Å². The fraction of sp³-hybridized carbons (Fsp3) is 0.417. The van der Waals surface area contributed by atoms with E-state index in [1.807, 2.05) is 6.92 Å². The van der Waals surface area contributed by atoms with Crippen LogP contribution in [0.1, 0.15) is 13.8 Å². The Morgan fingerprint density at radius 1 is 1.16 bits per heavy atom. The number of sulfonamides is 1. The summed E-state index contributed by atoms with van der Waals surface area (Å²) in [4.78, 5) is 10.8. The minimum atomic E-state index is -3.52. The zero-order valence-corrected chi connectivity index (χ0v) is 11.9. The van der Waals surface area contributed by atoms with E-state index < -0.39 is 10.0 Å². The van der Waals surface area contributed by atoms with E-state index in [1.54, 1.807) is 24.3 Å². The van der Waals surface area contributed by atoms with Gasteiger partial charge in [0.1, 0.15) is 0 Å². The third kappa shape index (κ3) is 5.27. The molecule has 0 radical (unpaired) electrons. The second-order valence-corrected chi connectivity index (χ2v) is 5.70. The molecule has 1 rings (SSSR count). The lowest BCUT2D eigenvalue weighted by molar-refractivity contribution is -0.118. The topological polar surface area (TPSA) is 87.3 Å². The molecule has 0 bridgehead atoms. The van der Waals surface area contributed by atoms with Crippen molar-refractivity contribution in [2.75, 3.05) is 25.0 Å². The lowest BCUT2D eigenvalue weighted by Crippen LogP contribution is -2.33. The van der Waals surface area contributed by atoms with Gasteiger partial charge in [-0.25, -0.2) is 13.1 Å². The molecule has 0 aliphatic heterocycles. The van der Waals surface area contributed by atoms with Crippen LogP contribution in [0.3, 0.4) is 0 Å². The van der Waals surface area contributed by atoms with Crippen molar-refractivity contribution in [2.45, 2.75) is 18.7 Å². The van der Waals surface area contributed by atoms with Crippen LogP contribution >= 0.6 is 0 Å². The molecule has 0 aliphatic rings. The van der Waals surface area contributed by atoms with Crippen molar-refractivity contribution in [3.63, 3.8) is 0 Å². The maximum Gasteiger partial charge on any atom is 0.240 e. The Kier molecular flexibility index (Phi) is 5.78. The van der Waals surface area contributed by atoms with E-state index in [0.717, 1.165) is 12.2 Å². The Labute approximate surface area is 113 Å². The maximum absolute atomic E-state index is 11.9. The fourth-order valence-corrected chi connectivity index (χ4v) is 2.50. The van der Waals surface area contributed by atoms with Crippen LogP contribution in [0.5, 0.6) is 0 Å². The number of benzene rings is 1. The number of hydrogen-bond acceptors (Lipinski definition) is 4. The molecule has 7 heteroatoms. The van der Waals surface area contributed by atoms with Gasteiger partial charge in [0.05, 0.1) is 4.90 Å². The quantitative estimate of drug-likeness (QED) is 0.638. The van der Waals surface area contributed by atoms with Crippen molar-refractivity contribution in [1.82, 2.24) is 10.0 Å². The number of nitrogens with one attached hydrogen (secondary N) is 3. The molecule has 106 valence electrons. The molecule has 0 aliphatic carbocycles. The van der Waals surface area contributed by atoms with E-state index in [4.69, 9.17) is 0 Å². The molecule has 0 saturated carbocycles. The summed E-state index contributed by atoms with van der Waals surface area (Å²) in [6, 6.07) is 6.51. The van der Waals surface area contributed by atoms with E-state index in [1.165, 1.54) is 6.92 Å². The number of rotatable bonds is 7. The van der Waals surface area contributed by atoms with Crippen LogP contribution in [0.25, 0.3) is 0 Å². The molecule has 1 aromatic carbocycles. The first-order valence-corrected chi connectivity index (χ1v) is 7.52. The lowest BCUT2D eigenvalue weighted by Gasteiger charge is -2.08. The standard InChI is InChI=1S/C12H19N3O3S/c1-3-13-11-4-6-12(7-5-11)19(17,18)15-9-8-14-10(2)16/h4-7,13,15H,3,8-9H2,1-2H3,(H,14,16). The Balaban J connectivity index is 2.59. The van der Waals surface area contributed by atoms with Crippen LogP contribution in [0.4, 0.5) is 5.69 Å². The van der Waals surface area contributed by atoms with Gasteiger partial charge in [-0.05, 0) is 31.2 Å². The lowest BCUT2D eigenvalue weighted by atomic mass is 10.3. The van der Waals surface area contributed by atoms with Gasteiger partial charge >= 0.3 is 0 Å². The van der Waals surface area contributed by atoms with Crippen LogP contribution in [0.15, 0.2) is 29.2 Å². The summed E-state index contributed by atoms with van der Waals surface area (Å²) in [7, 11) is -3.52. The Bertz CT molecular complexity index is 512. The zero-order valence-electron chi connectivity index (χ0n) is 11.1. The number of amides is 1. The predicted molar refractivity (Wildman–Crippen MR) is 74.5 cm³/mol. The van der Waals surface area contributed by atoms with Gasteiger partial charge in [0.2, 0.25) is 15.9 Å². The van der Waals surface area contributed by atoms with E-state index in [0.29, 0.717) is 0 Å². The Hall–Kier alpha value is -1.60. The first-order chi connectivity index (χ1) is 8.95. The first kappa shape index (κ1) is 15.5. The second-order valence-electron chi connectivity index (χ2n) is 3.94. The Morgan fingerprint density at radius 2 is 1.79 bits per heavy atom. The molecule has 0 spiro atoms. The first-order valence-electron chi connectivity index (χ1n) is 6.03. The maximum atomic E-state index is 11.9. The minimum absolute atomic E-state index is 0.164. The molecular weight excluding hydrogens is 266 g/mol. The smallest absolute Gasteiger partial charge is 0.240 e. The highest BCUT2D eigenvalue weighted by Gasteiger charge is 2.12. The highest BCUT2D eigenvalue weighted by Crippen LogP contribution is 2.13. The van der Waals surface area contributed by atoms with Gasteiger partial charge in [0.25, 0.3) is 0 Å². The minimum Gasteiger partial charge on any atom is -0.385 e. The van der Waals surface area contributed by atoms with Crippen molar-refractivity contribution in [1.29, 1.82) is 0 Å². The molecular formula is C12H19N3O3S. The molecule has 0 heterocycles. The van der Waals surface area contributed by atoms with Crippen molar-refractivity contribution in [3.05, 3.63) is 24.3 Å². The average molecular weight is 285 g/mol. The summed E-state index contributed by atoms with van der Waals surface area (Å²) in [5.41, 5.74) is 0.875. The molecule has 3 N–H and O–H groups in total. The molecule has 1 amide bonds. The number of carbonyl (C=O) groups excluding carboxylic acids is 1. The third-order valence-corrected chi connectivity index (χ3v) is 3.81. The van der Waals surface area contributed by atoms with E-state index in [9.17, 15) is 13.2 Å². The monoisotopic (exact) mass is 285 g/mol. The molecule has 0 unspecified atom stereocenters.